The molecular weight excluding hydrogens is 256 g/mol. The lowest BCUT2D eigenvalue weighted by Crippen LogP contribution is -2.28. The van der Waals surface area contributed by atoms with Crippen molar-refractivity contribution in [3.05, 3.63) is 29.8 Å². The minimum atomic E-state index is -2.77. The van der Waals surface area contributed by atoms with E-state index in [9.17, 15) is 8.78 Å². The lowest BCUT2D eigenvalue weighted by atomic mass is 10.1. The summed E-state index contributed by atoms with van der Waals surface area (Å²) in [5.41, 5.74) is 0.780. The van der Waals surface area contributed by atoms with Crippen LogP contribution in [0.25, 0.3) is 0 Å². The van der Waals surface area contributed by atoms with Crippen molar-refractivity contribution in [2.24, 2.45) is 0 Å². The molecule has 5 heteroatoms. The van der Waals surface area contributed by atoms with Crippen LogP contribution in [0.5, 0.6) is 5.75 Å². The van der Waals surface area contributed by atoms with Gasteiger partial charge in [-0.15, -0.1) is 0 Å². The van der Waals surface area contributed by atoms with E-state index in [-0.39, 0.29) is 5.75 Å². The topological polar surface area (TPSA) is 21.3 Å². The molecule has 0 aromatic heterocycles. The van der Waals surface area contributed by atoms with Crippen molar-refractivity contribution in [1.29, 1.82) is 0 Å². The van der Waals surface area contributed by atoms with E-state index in [0.717, 1.165) is 17.7 Å². The van der Waals surface area contributed by atoms with Gasteiger partial charge in [-0.3, -0.25) is 0 Å². The monoisotopic (exact) mass is 273 g/mol. The van der Waals surface area contributed by atoms with E-state index < -0.39 is 6.61 Å². The van der Waals surface area contributed by atoms with Crippen molar-refractivity contribution in [2.45, 2.75) is 37.8 Å². The summed E-state index contributed by atoms with van der Waals surface area (Å²) in [4.78, 5) is 0. The molecule has 1 saturated heterocycles. The smallest absolute Gasteiger partial charge is 0.387 e. The number of alkyl halides is 2. The molecule has 0 spiro atoms. The highest BCUT2D eigenvalue weighted by Crippen LogP contribution is 2.27. The lowest BCUT2D eigenvalue weighted by molar-refractivity contribution is -0.0505. The van der Waals surface area contributed by atoms with Crippen molar-refractivity contribution < 1.29 is 13.5 Å². The SMILES string of the molecule is CC1CC(NCc2ccccc2OC(F)F)CS1. The first kappa shape index (κ1) is 13.6. The Bertz CT molecular complexity index is 389. The Hall–Kier alpha value is -0.810. The third-order valence-electron chi connectivity index (χ3n) is 2.97. The number of hydrogen-bond donors (Lipinski definition) is 1. The van der Waals surface area contributed by atoms with Gasteiger partial charge in [-0.25, -0.2) is 0 Å². The standard InChI is InChI=1S/C13H17F2NOS/c1-9-6-11(8-18-9)16-7-10-4-2-3-5-12(10)17-13(14)15/h2-5,9,11,13,16H,6-8H2,1H3. The molecule has 1 aromatic carbocycles. The summed E-state index contributed by atoms with van der Waals surface area (Å²) in [5.74, 6) is 1.35. The van der Waals surface area contributed by atoms with Crippen LogP contribution in [0.15, 0.2) is 24.3 Å². The molecule has 0 aliphatic carbocycles. The van der Waals surface area contributed by atoms with Gasteiger partial charge < -0.3 is 10.1 Å². The summed E-state index contributed by atoms with van der Waals surface area (Å²) >= 11 is 1.94. The predicted octanol–water partition coefficient (Wildman–Crippen LogP) is 3.27. The highest BCUT2D eigenvalue weighted by Gasteiger charge is 2.21. The van der Waals surface area contributed by atoms with Gasteiger partial charge in [0.1, 0.15) is 5.75 Å². The van der Waals surface area contributed by atoms with Crippen LogP contribution in [0.3, 0.4) is 0 Å². The van der Waals surface area contributed by atoms with Gasteiger partial charge >= 0.3 is 6.61 Å². The summed E-state index contributed by atoms with van der Waals surface area (Å²) in [5, 5.41) is 4.07. The maximum atomic E-state index is 12.2. The third kappa shape index (κ3) is 3.85. The summed E-state index contributed by atoms with van der Waals surface area (Å²) < 4.78 is 29.0. The zero-order valence-electron chi connectivity index (χ0n) is 10.2. The predicted molar refractivity (Wildman–Crippen MR) is 70.2 cm³/mol. The van der Waals surface area contributed by atoms with E-state index in [1.54, 1.807) is 12.1 Å². The lowest BCUT2D eigenvalue weighted by Gasteiger charge is -2.14. The van der Waals surface area contributed by atoms with Crippen LogP contribution in [0.1, 0.15) is 18.9 Å². The van der Waals surface area contributed by atoms with Crippen molar-refractivity contribution >= 4 is 11.8 Å². The first-order chi connectivity index (χ1) is 8.65. The van der Waals surface area contributed by atoms with Crippen molar-refractivity contribution in [3.63, 3.8) is 0 Å². The number of thioether (sulfide) groups is 1. The molecule has 0 bridgehead atoms. The summed E-state index contributed by atoms with van der Waals surface area (Å²) in [6.45, 7) is 0.00863. The molecule has 1 fully saturated rings. The number of halogens is 2. The van der Waals surface area contributed by atoms with E-state index in [1.165, 1.54) is 0 Å². The average Bonchev–Trinajstić information content (AvgIpc) is 2.73. The number of hydrogen-bond acceptors (Lipinski definition) is 3. The molecule has 1 aromatic rings. The van der Waals surface area contributed by atoms with E-state index in [1.807, 2.05) is 23.9 Å². The Morgan fingerprint density at radius 2 is 2.22 bits per heavy atom. The van der Waals surface area contributed by atoms with E-state index in [2.05, 4.69) is 17.0 Å². The largest absolute Gasteiger partial charge is 0.434 e. The molecule has 2 rings (SSSR count). The van der Waals surface area contributed by atoms with Crippen molar-refractivity contribution in [3.8, 4) is 5.75 Å². The average molecular weight is 273 g/mol. The zero-order valence-corrected chi connectivity index (χ0v) is 11.1. The fourth-order valence-corrected chi connectivity index (χ4v) is 3.26. The van der Waals surface area contributed by atoms with Crippen LogP contribution < -0.4 is 10.1 Å². The molecule has 2 atom stereocenters. The molecule has 18 heavy (non-hydrogen) atoms. The number of nitrogens with one attached hydrogen (secondary N) is 1. The van der Waals surface area contributed by atoms with Crippen molar-refractivity contribution in [2.75, 3.05) is 5.75 Å². The maximum Gasteiger partial charge on any atom is 0.387 e. The van der Waals surface area contributed by atoms with Gasteiger partial charge in [0.15, 0.2) is 0 Å². The van der Waals surface area contributed by atoms with Crippen LogP contribution in [-0.4, -0.2) is 23.7 Å². The molecule has 100 valence electrons. The second kappa shape index (κ2) is 6.38. The Kier molecular flexibility index (Phi) is 4.83. The van der Waals surface area contributed by atoms with Crippen molar-refractivity contribution in [1.82, 2.24) is 5.32 Å². The zero-order chi connectivity index (χ0) is 13.0. The number of ether oxygens (including phenoxy) is 1. The first-order valence-electron chi connectivity index (χ1n) is 6.03. The fraction of sp³-hybridized carbons (Fsp3) is 0.538. The fourth-order valence-electron chi connectivity index (χ4n) is 2.07. The molecule has 0 saturated carbocycles. The summed E-state index contributed by atoms with van der Waals surface area (Å²) in [6.07, 6.45) is 1.13. The second-order valence-corrected chi connectivity index (χ2v) is 5.92. The van der Waals surface area contributed by atoms with Gasteiger partial charge in [0.05, 0.1) is 0 Å². The second-order valence-electron chi connectivity index (χ2n) is 4.44. The van der Waals surface area contributed by atoms with Gasteiger partial charge in [-0.2, -0.15) is 20.5 Å². The summed E-state index contributed by atoms with van der Waals surface area (Å²) in [7, 11) is 0. The Labute approximate surface area is 110 Å². The highest BCUT2D eigenvalue weighted by atomic mass is 32.2. The van der Waals surface area contributed by atoms with Crippen LogP contribution in [0.2, 0.25) is 0 Å². The number of para-hydroxylation sites is 1. The quantitative estimate of drug-likeness (QED) is 0.889. The number of benzene rings is 1. The minimum Gasteiger partial charge on any atom is -0.434 e. The van der Waals surface area contributed by atoms with E-state index in [0.29, 0.717) is 17.8 Å². The molecule has 1 N–H and O–H groups in total. The van der Waals surface area contributed by atoms with E-state index in [4.69, 9.17) is 0 Å². The highest BCUT2D eigenvalue weighted by molar-refractivity contribution is 8.00. The van der Waals surface area contributed by atoms with Gasteiger partial charge in [0.2, 0.25) is 0 Å². The molecule has 1 heterocycles. The molecule has 0 radical (unpaired) electrons. The van der Waals surface area contributed by atoms with Gasteiger partial charge in [-0.1, -0.05) is 25.1 Å². The Morgan fingerprint density at radius 1 is 1.44 bits per heavy atom. The van der Waals surface area contributed by atoms with E-state index >= 15 is 0 Å². The van der Waals surface area contributed by atoms with Gasteiger partial charge in [0, 0.05) is 29.2 Å². The van der Waals surface area contributed by atoms with Crippen LogP contribution in [0.4, 0.5) is 8.78 Å². The molecule has 2 unspecified atom stereocenters. The molecule has 2 nitrogen and oxygen atoms in total. The molecule has 1 aliphatic rings. The minimum absolute atomic E-state index is 0.263. The van der Waals surface area contributed by atoms with Crippen LogP contribution >= 0.6 is 11.8 Å². The van der Waals surface area contributed by atoms with Gasteiger partial charge in [-0.05, 0) is 12.5 Å². The molecule has 0 amide bonds. The van der Waals surface area contributed by atoms with Crippen LogP contribution in [-0.2, 0) is 6.54 Å². The first-order valence-corrected chi connectivity index (χ1v) is 7.07. The Morgan fingerprint density at radius 3 is 2.89 bits per heavy atom. The summed E-state index contributed by atoms with van der Waals surface area (Å²) in [6, 6.07) is 7.39. The molecule has 1 aliphatic heterocycles. The van der Waals surface area contributed by atoms with Crippen LogP contribution in [0, 0.1) is 0 Å². The van der Waals surface area contributed by atoms with Gasteiger partial charge in [0.25, 0.3) is 0 Å². The third-order valence-corrected chi connectivity index (χ3v) is 4.32. The normalized spacial score (nSPS) is 23.6. The maximum absolute atomic E-state index is 12.2. The molecular formula is C13H17F2NOS. The Balaban J connectivity index is 1.92. The number of rotatable bonds is 5.